The van der Waals surface area contributed by atoms with Crippen molar-refractivity contribution in [2.24, 2.45) is 11.8 Å². The van der Waals surface area contributed by atoms with Crippen molar-refractivity contribution >= 4 is 21.6 Å². The average Bonchev–Trinajstić information content (AvgIpc) is 2.82. The number of hydrogen-bond donors (Lipinski definition) is 1. The second kappa shape index (κ2) is 5.42. The number of sulfonamides is 1. The van der Waals surface area contributed by atoms with Gasteiger partial charge in [-0.25, -0.2) is 8.42 Å². The summed E-state index contributed by atoms with van der Waals surface area (Å²) in [5.74, 6) is 0.850. The van der Waals surface area contributed by atoms with E-state index in [4.69, 9.17) is 11.6 Å². The van der Waals surface area contributed by atoms with Crippen LogP contribution in [0.25, 0.3) is 0 Å². The summed E-state index contributed by atoms with van der Waals surface area (Å²) in [7, 11) is -3.55. The van der Waals surface area contributed by atoms with Gasteiger partial charge in [-0.1, -0.05) is 13.8 Å². The number of aromatic nitrogens is 2. The first-order valence-electron chi connectivity index (χ1n) is 6.48. The fourth-order valence-corrected chi connectivity index (χ4v) is 4.95. The van der Waals surface area contributed by atoms with E-state index in [0.29, 0.717) is 23.9 Å². The number of halogens is 1. The molecule has 0 bridgehead atoms. The lowest BCUT2D eigenvalue weighted by molar-refractivity contribution is 0.157. The second-order valence-corrected chi connectivity index (χ2v) is 7.59. The molecule has 1 aromatic rings. The van der Waals surface area contributed by atoms with Gasteiger partial charge in [-0.3, -0.25) is 5.10 Å². The molecule has 0 saturated carbocycles. The van der Waals surface area contributed by atoms with Crippen molar-refractivity contribution in [3.05, 3.63) is 11.8 Å². The largest absolute Gasteiger partial charge is 0.266 e. The van der Waals surface area contributed by atoms with E-state index in [9.17, 15) is 8.42 Å². The number of alkyl halides is 1. The van der Waals surface area contributed by atoms with Crippen molar-refractivity contribution in [2.75, 3.05) is 6.54 Å². The topological polar surface area (TPSA) is 66.1 Å². The van der Waals surface area contributed by atoms with E-state index in [1.807, 2.05) is 6.92 Å². The highest BCUT2D eigenvalue weighted by Crippen LogP contribution is 2.32. The van der Waals surface area contributed by atoms with Gasteiger partial charge in [-0.2, -0.15) is 9.40 Å². The van der Waals surface area contributed by atoms with Gasteiger partial charge in [0, 0.05) is 18.2 Å². The SMILES string of the molecule is CC1CC(C)C(C)N(S(=O)(=O)c2[nH]ncc2CCl)C1. The molecule has 3 unspecified atom stereocenters. The molecule has 0 radical (unpaired) electrons. The molecule has 0 amide bonds. The quantitative estimate of drug-likeness (QED) is 0.871. The van der Waals surface area contributed by atoms with Gasteiger partial charge in [0.2, 0.25) is 0 Å². The first-order valence-corrected chi connectivity index (χ1v) is 8.45. The smallest absolute Gasteiger partial charge is 0.260 e. The third kappa shape index (κ3) is 2.66. The summed E-state index contributed by atoms with van der Waals surface area (Å²) in [5, 5.41) is 6.52. The molecule has 7 heteroatoms. The molecule has 0 aromatic carbocycles. The minimum absolute atomic E-state index is 0.00678. The zero-order chi connectivity index (χ0) is 14.2. The third-order valence-electron chi connectivity index (χ3n) is 3.93. The van der Waals surface area contributed by atoms with Gasteiger partial charge in [-0.15, -0.1) is 11.6 Å². The predicted octanol–water partition coefficient (Wildman–Crippen LogP) is 2.20. The maximum atomic E-state index is 12.7. The van der Waals surface area contributed by atoms with E-state index in [0.717, 1.165) is 6.42 Å². The molecule has 1 aliphatic rings. The van der Waals surface area contributed by atoms with Crippen LogP contribution in [0.15, 0.2) is 11.2 Å². The molecule has 108 valence electrons. The molecule has 1 N–H and O–H groups in total. The molecule has 0 spiro atoms. The van der Waals surface area contributed by atoms with E-state index < -0.39 is 10.0 Å². The molecule has 1 aliphatic heterocycles. The van der Waals surface area contributed by atoms with Crippen molar-refractivity contribution in [2.45, 2.75) is 44.1 Å². The van der Waals surface area contributed by atoms with E-state index >= 15 is 0 Å². The molecular weight excluding hydrogens is 286 g/mol. The molecule has 1 aromatic heterocycles. The number of H-pyrrole nitrogens is 1. The van der Waals surface area contributed by atoms with Crippen LogP contribution in [0.2, 0.25) is 0 Å². The monoisotopic (exact) mass is 305 g/mol. The Bertz CT molecular complexity index is 543. The van der Waals surface area contributed by atoms with Crippen molar-refractivity contribution < 1.29 is 8.42 Å². The van der Waals surface area contributed by atoms with Gasteiger partial charge in [0.25, 0.3) is 10.0 Å². The van der Waals surface area contributed by atoms with E-state index in [-0.39, 0.29) is 16.9 Å². The van der Waals surface area contributed by atoms with Crippen LogP contribution in [0, 0.1) is 11.8 Å². The highest BCUT2D eigenvalue weighted by atomic mass is 35.5. The normalized spacial score (nSPS) is 29.6. The molecule has 1 fully saturated rings. The minimum atomic E-state index is -3.55. The molecule has 3 atom stereocenters. The van der Waals surface area contributed by atoms with Crippen molar-refractivity contribution in [1.29, 1.82) is 0 Å². The Hall–Kier alpha value is -0.590. The van der Waals surface area contributed by atoms with Gasteiger partial charge in [0.15, 0.2) is 5.03 Å². The lowest BCUT2D eigenvalue weighted by atomic mass is 9.88. The van der Waals surface area contributed by atoms with Crippen LogP contribution in [0.3, 0.4) is 0 Å². The van der Waals surface area contributed by atoms with Gasteiger partial charge in [0.1, 0.15) is 0 Å². The van der Waals surface area contributed by atoms with Crippen LogP contribution in [-0.4, -0.2) is 35.5 Å². The Morgan fingerprint density at radius 3 is 2.79 bits per heavy atom. The Labute approximate surface area is 119 Å². The molecule has 2 rings (SSSR count). The van der Waals surface area contributed by atoms with Crippen LogP contribution in [-0.2, 0) is 15.9 Å². The lowest BCUT2D eigenvalue weighted by Crippen LogP contribution is -2.48. The van der Waals surface area contributed by atoms with Crippen molar-refractivity contribution in [3.63, 3.8) is 0 Å². The van der Waals surface area contributed by atoms with Crippen LogP contribution < -0.4 is 0 Å². The van der Waals surface area contributed by atoms with Crippen LogP contribution in [0.5, 0.6) is 0 Å². The first-order chi connectivity index (χ1) is 8.87. The van der Waals surface area contributed by atoms with E-state index in [1.54, 1.807) is 4.31 Å². The summed E-state index contributed by atoms with van der Waals surface area (Å²) in [6.07, 6.45) is 2.53. The van der Waals surface area contributed by atoms with Crippen LogP contribution in [0.4, 0.5) is 0 Å². The number of nitrogens with zero attached hydrogens (tertiary/aromatic N) is 2. The minimum Gasteiger partial charge on any atom is -0.266 e. The fourth-order valence-electron chi connectivity index (χ4n) is 2.72. The second-order valence-electron chi connectivity index (χ2n) is 5.49. The Morgan fingerprint density at radius 1 is 1.47 bits per heavy atom. The Kier molecular flexibility index (Phi) is 4.23. The molecular formula is C12H20ClN3O2S. The summed E-state index contributed by atoms with van der Waals surface area (Å²) in [6.45, 7) is 6.69. The highest BCUT2D eigenvalue weighted by molar-refractivity contribution is 7.89. The van der Waals surface area contributed by atoms with Gasteiger partial charge >= 0.3 is 0 Å². The van der Waals surface area contributed by atoms with Crippen molar-refractivity contribution in [3.8, 4) is 0 Å². The fraction of sp³-hybridized carbons (Fsp3) is 0.750. The van der Waals surface area contributed by atoms with Gasteiger partial charge in [-0.05, 0) is 25.2 Å². The highest BCUT2D eigenvalue weighted by Gasteiger charge is 2.38. The van der Waals surface area contributed by atoms with Crippen LogP contribution in [0.1, 0.15) is 32.8 Å². The first kappa shape index (κ1) is 14.8. The van der Waals surface area contributed by atoms with Gasteiger partial charge < -0.3 is 0 Å². The number of hydrogen-bond acceptors (Lipinski definition) is 3. The predicted molar refractivity (Wildman–Crippen MR) is 74.4 cm³/mol. The standard InChI is InChI=1S/C12H20ClN3O2S/c1-8-4-9(2)10(3)16(7-8)19(17,18)12-11(5-13)6-14-15-12/h6,8-10H,4-5,7H2,1-3H3,(H,14,15). The number of rotatable bonds is 3. The van der Waals surface area contributed by atoms with E-state index in [2.05, 4.69) is 24.0 Å². The summed E-state index contributed by atoms with van der Waals surface area (Å²) in [6, 6.07) is -0.00678. The van der Waals surface area contributed by atoms with E-state index in [1.165, 1.54) is 6.20 Å². The zero-order valence-electron chi connectivity index (χ0n) is 11.4. The Balaban J connectivity index is 2.38. The summed E-state index contributed by atoms with van der Waals surface area (Å²) in [5.41, 5.74) is 0.528. The van der Waals surface area contributed by atoms with Crippen molar-refractivity contribution in [1.82, 2.24) is 14.5 Å². The maximum absolute atomic E-state index is 12.7. The number of aromatic amines is 1. The Morgan fingerprint density at radius 2 is 2.16 bits per heavy atom. The molecule has 19 heavy (non-hydrogen) atoms. The molecule has 1 saturated heterocycles. The molecule has 5 nitrogen and oxygen atoms in total. The molecule has 2 heterocycles. The summed E-state index contributed by atoms with van der Waals surface area (Å²) < 4.78 is 27.0. The summed E-state index contributed by atoms with van der Waals surface area (Å²) in [4.78, 5) is 0. The molecule has 0 aliphatic carbocycles. The summed E-state index contributed by atoms with van der Waals surface area (Å²) >= 11 is 5.77. The average molecular weight is 306 g/mol. The number of piperidine rings is 1. The zero-order valence-corrected chi connectivity index (χ0v) is 13.0. The lowest BCUT2D eigenvalue weighted by Gasteiger charge is -2.39. The maximum Gasteiger partial charge on any atom is 0.260 e. The number of nitrogens with one attached hydrogen (secondary N) is 1. The van der Waals surface area contributed by atoms with Crippen LogP contribution >= 0.6 is 11.6 Å². The van der Waals surface area contributed by atoms with Gasteiger partial charge in [0.05, 0.1) is 12.1 Å². The third-order valence-corrected chi connectivity index (χ3v) is 6.19.